The van der Waals surface area contributed by atoms with Crippen molar-refractivity contribution in [2.75, 3.05) is 20.1 Å². The van der Waals surface area contributed by atoms with E-state index in [0.29, 0.717) is 0 Å². The van der Waals surface area contributed by atoms with Gasteiger partial charge in [0.25, 0.3) is 0 Å². The first-order valence-electron chi connectivity index (χ1n) is 6.22. The van der Waals surface area contributed by atoms with Crippen LogP contribution < -0.4 is 5.32 Å². The molecular formula is C14H22N2. The fourth-order valence-electron chi connectivity index (χ4n) is 2.48. The summed E-state index contributed by atoms with van der Waals surface area (Å²) < 4.78 is 0. The Kier molecular flexibility index (Phi) is 3.97. The third-order valence-corrected chi connectivity index (χ3v) is 3.45. The molecule has 0 bridgehead atoms. The standard InChI is InChI=1S/C14H22N2/c1-12-4-3-5-13(10-12)11-16(2)14-6-8-15-9-7-14/h3-5,10,14-15H,6-9,11H2,1-2H3. The summed E-state index contributed by atoms with van der Waals surface area (Å²) in [5.74, 6) is 0. The quantitative estimate of drug-likeness (QED) is 0.836. The Morgan fingerprint density at radius 2 is 2.06 bits per heavy atom. The van der Waals surface area contributed by atoms with Crippen molar-refractivity contribution in [3.8, 4) is 0 Å². The van der Waals surface area contributed by atoms with Crippen LogP contribution in [0.25, 0.3) is 0 Å². The van der Waals surface area contributed by atoms with Gasteiger partial charge in [0.1, 0.15) is 0 Å². The lowest BCUT2D eigenvalue weighted by atomic mass is 10.0. The Morgan fingerprint density at radius 1 is 1.31 bits per heavy atom. The molecule has 1 saturated heterocycles. The summed E-state index contributed by atoms with van der Waals surface area (Å²) in [6.45, 7) is 5.58. The van der Waals surface area contributed by atoms with Crippen LogP contribution >= 0.6 is 0 Å². The number of piperidine rings is 1. The molecule has 1 heterocycles. The lowest BCUT2D eigenvalue weighted by Gasteiger charge is -2.31. The van der Waals surface area contributed by atoms with Crippen molar-refractivity contribution < 1.29 is 0 Å². The average molecular weight is 218 g/mol. The molecule has 0 unspecified atom stereocenters. The highest BCUT2D eigenvalue weighted by Gasteiger charge is 2.17. The number of hydrogen-bond donors (Lipinski definition) is 1. The summed E-state index contributed by atoms with van der Waals surface area (Å²) in [5, 5.41) is 3.42. The van der Waals surface area contributed by atoms with Gasteiger partial charge in [0.05, 0.1) is 0 Å². The molecule has 0 atom stereocenters. The Morgan fingerprint density at radius 3 is 2.75 bits per heavy atom. The number of aryl methyl sites for hydroxylation is 1. The Balaban J connectivity index is 1.93. The topological polar surface area (TPSA) is 15.3 Å². The maximum absolute atomic E-state index is 3.42. The summed E-state index contributed by atoms with van der Waals surface area (Å²) in [4.78, 5) is 2.50. The predicted octanol–water partition coefficient (Wildman–Crippen LogP) is 2.18. The molecule has 88 valence electrons. The first-order chi connectivity index (χ1) is 7.75. The molecule has 16 heavy (non-hydrogen) atoms. The highest BCUT2D eigenvalue weighted by atomic mass is 15.1. The summed E-state index contributed by atoms with van der Waals surface area (Å²) in [6, 6.07) is 9.58. The second-order valence-electron chi connectivity index (χ2n) is 4.89. The highest BCUT2D eigenvalue weighted by molar-refractivity contribution is 5.22. The zero-order valence-electron chi connectivity index (χ0n) is 10.4. The molecular weight excluding hydrogens is 196 g/mol. The maximum atomic E-state index is 3.42. The molecule has 2 heteroatoms. The molecule has 2 rings (SSSR count). The van der Waals surface area contributed by atoms with E-state index in [0.717, 1.165) is 12.6 Å². The molecule has 2 nitrogen and oxygen atoms in total. The van der Waals surface area contributed by atoms with Crippen molar-refractivity contribution in [1.82, 2.24) is 10.2 Å². The SMILES string of the molecule is Cc1cccc(CN(C)C2CCNCC2)c1. The number of benzene rings is 1. The summed E-state index contributed by atoms with van der Waals surface area (Å²) in [5.41, 5.74) is 2.79. The number of rotatable bonds is 3. The third-order valence-electron chi connectivity index (χ3n) is 3.45. The van der Waals surface area contributed by atoms with Crippen LogP contribution in [0.2, 0.25) is 0 Å². The van der Waals surface area contributed by atoms with E-state index in [1.54, 1.807) is 0 Å². The fraction of sp³-hybridized carbons (Fsp3) is 0.571. The largest absolute Gasteiger partial charge is 0.317 e. The van der Waals surface area contributed by atoms with E-state index in [9.17, 15) is 0 Å². The second kappa shape index (κ2) is 5.46. The molecule has 1 aliphatic rings. The van der Waals surface area contributed by atoms with Crippen LogP contribution in [0.1, 0.15) is 24.0 Å². The fourth-order valence-corrected chi connectivity index (χ4v) is 2.48. The van der Waals surface area contributed by atoms with Crippen LogP contribution in [0.5, 0.6) is 0 Å². The van der Waals surface area contributed by atoms with E-state index < -0.39 is 0 Å². The van der Waals surface area contributed by atoms with E-state index in [-0.39, 0.29) is 0 Å². The van der Waals surface area contributed by atoms with Gasteiger partial charge >= 0.3 is 0 Å². The number of hydrogen-bond acceptors (Lipinski definition) is 2. The zero-order chi connectivity index (χ0) is 11.4. The molecule has 1 aromatic rings. The molecule has 0 aromatic heterocycles. The third kappa shape index (κ3) is 3.06. The molecule has 0 radical (unpaired) electrons. The van der Waals surface area contributed by atoms with Crippen LogP contribution in [-0.4, -0.2) is 31.1 Å². The van der Waals surface area contributed by atoms with Gasteiger partial charge in [0.15, 0.2) is 0 Å². The summed E-state index contributed by atoms with van der Waals surface area (Å²) in [6.07, 6.45) is 2.56. The van der Waals surface area contributed by atoms with E-state index in [1.807, 2.05) is 0 Å². The molecule has 1 aliphatic heterocycles. The van der Waals surface area contributed by atoms with Gasteiger partial charge in [0, 0.05) is 12.6 Å². The van der Waals surface area contributed by atoms with Crippen molar-refractivity contribution in [3.05, 3.63) is 35.4 Å². The van der Waals surface area contributed by atoms with Crippen LogP contribution in [0.4, 0.5) is 0 Å². The highest BCUT2D eigenvalue weighted by Crippen LogP contribution is 2.14. The van der Waals surface area contributed by atoms with Crippen molar-refractivity contribution in [1.29, 1.82) is 0 Å². The van der Waals surface area contributed by atoms with E-state index in [4.69, 9.17) is 0 Å². The Hall–Kier alpha value is -0.860. The molecule has 1 N–H and O–H groups in total. The number of nitrogens with one attached hydrogen (secondary N) is 1. The molecule has 0 spiro atoms. The van der Waals surface area contributed by atoms with Crippen molar-refractivity contribution >= 4 is 0 Å². The van der Waals surface area contributed by atoms with Gasteiger partial charge in [-0.25, -0.2) is 0 Å². The van der Waals surface area contributed by atoms with Gasteiger partial charge in [-0.1, -0.05) is 29.8 Å². The van der Waals surface area contributed by atoms with Gasteiger partial charge in [-0.15, -0.1) is 0 Å². The Labute approximate surface area is 98.7 Å². The van der Waals surface area contributed by atoms with Gasteiger partial charge in [-0.05, 0) is 45.5 Å². The minimum absolute atomic E-state index is 0.752. The minimum Gasteiger partial charge on any atom is -0.317 e. The van der Waals surface area contributed by atoms with Crippen molar-refractivity contribution in [3.63, 3.8) is 0 Å². The first-order valence-corrected chi connectivity index (χ1v) is 6.22. The normalized spacial score (nSPS) is 17.9. The number of nitrogens with zero attached hydrogens (tertiary/aromatic N) is 1. The van der Waals surface area contributed by atoms with E-state index >= 15 is 0 Å². The summed E-state index contributed by atoms with van der Waals surface area (Å²) >= 11 is 0. The van der Waals surface area contributed by atoms with Gasteiger partial charge in [0.2, 0.25) is 0 Å². The zero-order valence-corrected chi connectivity index (χ0v) is 10.4. The van der Waals surface area contributed by atoms with E-state index in [2.05, 4.69) is 48.5 Å². The summed E-state index contributed by atoms with van der Waals surface area (Å²) in [7, 11) is 2.25. The van der Waals surface area contributed by atoms with E-state index in [1.165, 1.54) is 37.1 Å². The molecule has 1 aromatic carbocycles. The Bertz CT molecular complexity index is 329. The molecule has 0 saturated carbocycles. The van der Waals surface area contributed by atoms with Gasteiger partial charge < -0.3 is 5.32 Å². The molecule has 0 aliphatic carbocycles. The van der Waals surface area contributed by atoms with Crippen LogP contribution in [0.3, 0.4) is 0 Å². The lowest BCUT2D eigenvalue weighted by molar-refractivity contribution is 0.192. The predicted molar refractivity (Wildman–Crippen MR) is 68.5 cm³/mol. The van der Waals surface area contributed by atoms with Crippen LogP contribution in [0, 0.1) is 6.92 Å². The molecule has 1 fully saturated rings. The van der Waals surface area contributed by atoms with Gasteiger partial charge in [-0.2, -0.15) is 0 Å². The molecule has 0 amide bonds. The average Bonchev–Trinajstić information content (AvgIpc) is 2.30. The monoisotopic (exact) mass is 218 g/mol. The van der Waals surface area contributed by atoms with Gasteiger partial charge in [-0.3, -0.25) is 4.90 Å². The minimum atomic E-state index is 0.752. The smallest absolute Gasteiger partial charge is 0.0233 e. The van der Waals surface area contributed by atoms with Crippen LogP contribution in [0.15, 0.2) is 24.3 Å². The van der Waals surface area contributed by atoms with Crippen molar-refractivity contribution in [2.24, 2.45) is 0 Å². The first kappa shape index (κ1) is 11.6. The lowest BCUT2D eigenvalue weighted by Crippen LogP contribution is -2.40. The second-order valence-corrected chi connectivity index (χ2v) is 4.89. The van der Waals surface area contributed by atoms with Crippen molar-refractivity contribution in [2.45, 2.75) is 32.4 Å². The maximum Gasteiger partial charge on any atom is 0.0233 e. The van der Waals surface area contributed by atoms with Crippen LogP contribution in [-0.2, 0) is 6.54 Å².